The molecule has 0 atom stereocenters. The molecule has 7 nitrogen and oxygen atoms in total. The van der Waals surface area contributed by atoms with Crippen molar-refractivity contribution in [2.24, 2.45) is 0 Å². The van der Waals surface area contributed by atoms with E-state index in [1.807, 2.05) is 13.8 Å². The molecule has 2 rings (SSSR count). The van der Waals surface area contributed by atoms with Crippen molar-refractivity contribution in [3.63, 3.8) is 0 Å². The normalized spacial score (nSPS) is 14.1. The summed E-state index contributed by atoms with van der Waals surface area (Å²) in [5, 5.41) is 5.50. The van der Waals surface area contributed by atoms with Crippen molar-refractivity contribution in [1.82, 2.24) is 10.2 Å². The Morgan fingerprint density at radius 1 is 1.21 bits per heavy atom. The van der Waals surface area contributed by atoms with Crippen LogP contribution in [0.1, 0.15) is 26.7 Å². The first-order valence-electron chi connectivity index (χ1n) is 8.36. The maximum atomic E-state index is 12.3. The van der Waals surface area contributed by atoms with E-state index in [-0.39, 0.29) is 18.5 Å². The number of urea groups is 1. The number of carbonyl (C=O) groups is 2. The van der Waals surface area contributed by atoms with Crippen molar-refractivity contribution in [3.05, 3.63) is 18.2 Å². The highest BCUT2D eigenvalue weighted by molar-refractivity contribution is 5.93. The van der Waals surface area contributed by atoms with Crippen LogP contribution in [0.15, 0.2) is 18.2 Å². The maximum absolute atomic E-state index is 12.3. The van der Waals surface area contributed by atoms with E-state index in [0.29, 0.717) is 43.5 Å². The Labute approximate surface area is 142 Å². The third kappa shape index (κ3) is 5.04. The van der Waals surface area contributed by atoms with Gasteiger partial charge >= 0.3 is 6.03 Å². The van der Waals surface area contributed by atoms with Crippen molar-refractivity contribution < 1.29 is 19.1 Å². The van der Waals surface area contributed by atoms with Gasteiger partial charge < -0.3 is 25.0 Å². The lowest BCUT2D eigenvalue weighted by atomic mass is 10.2. The number of benzene rings is 1. The molecule has 1 fully saturated rings. The van der Waals surface area contributed by atoms with Gasteiger partial charge in [-0.1, -0.05) is 13.8 Å². The van der Waals surface area contributed by atoms with Gasteiger partial charge in [-0.3, -0.25) is 4.79 Å². The molecule has 7 heteroatoms. The average molecular weight is 335 g/mol. The molecule has 0 aromatic heterocycles. The summed E-state index contributed by atoms with van der Waals surface area (Å²) in [6, 6.07) is 5.02. The first kappa shape index (κ1) is 17.9. The van der Waals surface area contributed by atoms with Gasteiger partial charge in [-0.05, 0) is 25.0 Å². The molecule has 0 radical (unpaired) electrons. The molecule has 3 amide bonds. The highest BCUT2D eigenvalue weighted by Crippen LogP contribution is 2.31. The number of nitrogens with one attached hydrogen (secondary N) is 2. The number of carbonyl (C=O) groups excluding carboxylic acids is 2. The van der Waals surface area contributed by atoms with Crippen LogP contribution >= 0.6 is 0 Å². The van der Waals surface area contributed by atoms with Crippen LogP contribution in [-0.2, 0) is 4.79 Å². The number of hydrogen-bond acceptors (Lipinski definition) is 4. The van der Waals surface area contributed by atoms with Crippen molar-refractivity contribution in [2.45, 2.75) is 26.7 Å². The number of piperazine rings is 1. The van der Waals surface area contributed by atoms with E-state index in [9.17, 15) is 9.59 Å². The van der Waals surface area contributed by atoms with Crippen LogP contribution in [0.5, 0.6) is 11.5 Å². The predicted molar refractivity (Wildman–Crippen MR) is 91.6 cm³/mol. The fourth-order valence-corrected chi connectivity index (χ4v) is 2.26. The Hall–Kier alpha value is -2.44. The summed E-state index contributed by atoms with van der Waals surface area (Å²) >= 11 is 0. The van der Waals surface area contributed by atoms with Gasteiger partial charge in [-0.25, -0.2) is 4.79 Å². The minimum Gasteiger partial charge on any atom is -0.490 e. The van der Waals surface area contributed by atoms with Gasteiger partial charge in [0.1, 0.15) is 6.54 Å². The molecule has 1 heterocycles. The lowest BCUT2D eigenvalue weighted by Gasteiger charge is -2.26. The molecule has 0 aliphatic carbocycles. The standard InChI is InChI=1S/C17H25N3O4/c1-3-9-23-14-6-5-13(11-15(14)24-10-4-2)19-17(22)20-8-7-18-16(21)12-20/h5-6,11H,3-4,7-10,12H2,1-2H3,(H,18,21)(H,19,22). The Morgan fingerprint density at radius 3 is 2.58 bits per heavy atom. The van der Waals surface area contributed by atoms with E-state index in [1.165, 1.54) is 4.90 Å². The van der Waals surface area contributed by atoms with Crippen LogP contribution in [0.25, 0.3) is 0 Å². The van der Waals surface area contributed by atoms with Crippen LogP contribution in [0, 0.1) is 0 Å². The number of anilines is 1. The van der Waals surface area contributed by atoms with Gasteiger partial charge in [0, 0.05) is 24.8 Å². The van der Waals surface area contributed by atoms with Crippen molar-refractivity contribution >= 4 is 17.6 Å². The topological polar surface area (TPSA) is 79.9 Å². The monoisotopic (exact) mass is 335 g/mol. The summed E-state index contributed by atoms with van der Waals surface area (Å²) in [7, 11) is 0. The second kappa shape index (κ2) is 9.00. The lowest BCUT2D eigenvalue weighted by Crippen LogP contribution is -2.51. The number of rotatable bonds is 7. The lowest BCUT2D eigenvalue weighted by molar-refractivity contribution is -0.123. The zero-order chi connectivity index (χ0) is 17.4. The summed E-state index contributed by atoms with van der Waals surface area (Å²) in [5.74, 6) is 1.13. The van der Waals surface area contributed by atoms with Crippen LogP contribution < -0.4 is 20.1 Å². The first-order chi connectivity index (χ1) is 11.6. The second-order valence-corrected chi connectivity index (χ2v) is 5.56. The Balaban J connectivity index is 2.05. The Morgan fingerprint density at radius 2 is 1.92 bits per heavy atom. The quantitative estimate of drug-likeness (QED) is 0.801. The highest BCUT2D eigenvalue weighted by atomic mass is 16.5. The first-order valence-corrected chi connectivity index (χ1v) is 8.36. The molecule has 24 heavy (non-hydrogen) atoms. The zero-order valence-corrected chi connectivity index (χ0v) is 14.3. The smallest absolute Gasteiger partial charge is 0.322 e. The van der Waals surface area contributed by atoms with E-state index in [4.69, 9.17) is 9.47 Å². The fourth-order valence-electron chi connectivity index (χ4n) is 2.26. The molecule has 0 bridgehead atoms. The fraction of sp³-hybridized carbons (Fsp3) is 0.529. The predicted octanol–water partition coefficient (Wildman–Crippen LogP) is 2.23. The SMILES string of the molecule is CCCOc1ccc(NC(=O)N2CCNC(=O)C2)cc1OCCC. The summed E-state index contributed by atoms with van der Waals surface area (Å²) in [4.78, 5) is 25.1. The summed E-state index contributed by atoms with van der Waals surface area (Å²) < 4.78 is 11.4. The zero-order valence-electron chi connectivity index (χ0n) is 14.3. The van der Waals surface area contributed by atoms with E-state index in [2.05, 4.69) is 10.6 Å². The van der Waals surface area contributed by atoms with Gasteiger partial charge in [0.2, 0.25) is 5.91 Å². The summed E-state index contributed by atoms with van der Waals surface area (Å²) in [5.41, 5.74) is 0.612. The molecule has 1 aromatic carbocycles. The molecule has 132 valence electrons. The summed E-state index contributed by atoms with van der Waals surface area (Å²) in [6.07, 6.45) is 1.79. The maximum Gasteiger partial charge on any atom is 0.322 e. The van der Waals surface area contributed by atoms with Crippen molar-refractivity contribution in [3.8, 4) is 11.5 Å². The van der Waals surface area contributed by atoms with Gasteiger partial charge in [0.05, 0.1) is 13.2 Å². The second-order valence-electron chi connectivity index (χ2n) is 5.56. The number of ether oxygens (including phenoxy) is 2. The van der Waals surface area contributed by atoms with Gasteiger partial charge in [0.25, 0.3) is 0 Å². The summed E-state index contributed by atoms with van der Waals surface area (Å²) in [6.45, 7) is 6.29. The largest absolute Gasteiger partial charge is 0.490 e. The molecular weight excluding hydrogens is 310 g/mol. The average Bonchev–Trinajstić information content (AvgIpc) is 2.59. The molecule has 0 unspecified atom stereocenters. The van der Waals surface area contributed by atoms with E-state index >= 15 is 0 Å². The molecule has 1 aliphatic heterocycles. The van der Waals surface area contributed by atoms with E-state index in [0.717, 1.165) is 12.8 Å². The van der Waals surface area contributed by atoms with Crippen LogP contribution in [0.3, 0.4) is 0 Å². The van der Waals surface area contributed by atoms with Crippen LogP contribution in [-0.4, -0.2) is 49.7 Å². The van der Waals surface area contributed by atoms with E-state index in [1.54, 1.807) is 18.2 Å². The number of hydrogen-bond donors (Lipinski definition) is 2. The van der Waals surface area contributed by atoms with Crippen LogP contribution in [0.4, 0.5) is 10.5 Å². The molecule has 2 N–H and O–H groups in total. The Kier molecular flexibility index (Phi) is 6.72. The molecule has 0 spiro atoms. The third-order valence-corrected chi connectivity index (χ3v) is 3.44. The molecule has 0 saturated carbocycles. The van der Waals surface area contributed by atoms with Crippen molar-refractivity contribution in [1.29, 1.82) is 0 Å². The van der Waals surface area contributed by atoms with Gasteiger partial charge in [0.15, 0.2) is 11.5 Å². The minimum absolute atomic E-state index is 0.0721. The minimum atomic E-state index is -0.298. The number of amides is 3. The molecule has 1 aromatic rings. The molecular formula is C17H25N3O4. The third-order valence-electron chi connectivity index (χ3n) is 3.44. The van der Waals surface area contributed by atoms with E-state index < -0.39 is 0 Å². The number of nitrogens with zero attached hydrogens (tertiary/aromatic N) is 1. The highest BCUT2D eigenvalue weighted by Gasteiger charge is 2.21. The van der Waals surface area contributed by atoms with Gasteiger partial charge in [-0.15, -0.1) is 0 Å². The van der Waals surface area contributed by atoms with Crippen LogP contribution in [0.2, 0.25) is 0 Å². The molecule has 1 saturated heterocycles. The Bertz CT molecular complexity index is 577. The van der Waals surface area contributed by atoms with Gasteiger partial charge in [-0.2, -0.15) is 0 Å². The molecule has 1 aliphatic rings. The van der Waals surface area contributed by atoms with Crippen molar-refractivity contribution in [2.75, 3.05) is 38.2 Å².